The number of halogens is 2. The highest BCUT2D eigenvalue weighted by molar-refractivity contribution is 6.31. The molecule has 18 heavy (non-hydrogen) atoms. The van der Waals surface area contributed by atoms with Crippen LogP contribution in [-0.2, 0) is 0 Å². The van der Waals surface area contributed by atoms with Crippen molar-refractivity contribution in [1.82, 2.24) is 10.4 Å². The van der Waals surface area contributed by atoms with Crippen LogP contribution < -0.4 is 11.2 Å². The molecule has 0 radical (unpaired) electrons. The van der Waals surface area contributed by atoms with Gasteiger partial charge < -0.3 is 0 Å². The van der Waals surface area contributed by atoms with Crippen LogP contribution in [0.1, 0.15) is 25.7 Å². The van der Waals surface area contributed by atoms with E-state index in [0.29, 0.717) is 18.7 Å². The molecular weight excluding hydrogens is 242 g/mol. The Morgan fingerprint density at radius 2 is 2.33 bits per heavy atom. The van der Waals surface area contributed by atoms with Gasteiger partial charge in [-0.15, -0.1) is 0 Å². The minimum absolute atomic E-state index is 0.0714. The molecule has 0 aromatic heterocycles. The number of alkyl halides is 2. The molecular formula is C10H14F2N6. The van der Waals surface area contributed by atoms with Crippen molar-refractivity contribution >= 4 is 18.4 Å². The molecule has 2 heterocycles. The number of nitrogens with zero attached hydrogens (tertiary/aromatic N) is 4. The van der Waals surface area contributed by atoms with Crippen molar-refractivity contribution in [1.29, 1.82) is 0 Å². The normalized spacial score (nSPS) is 37.2. The molecule has 0 bridgehead atoms. The number of aliphatic imine (C=N–C) groups is 1. The Kier molecular flexibility index (Phi) is 2.37. The Labute approximate surface area is 103 Å². The topological polar surface area (TPSA) is 78.4 Å². The molecule has 3 rings (SSSR count). The van der Waals surface area contributed by atoms with Crippen molar-refractivity contribution in [2.45, 2.75) is 37.4 Å². The molecule has 6 nitrogen and oxygen atoms in total. The lowest BCUT2D eigenvalue weighted by molar-refractivity contribution is -0.0835. The van der Waals surface area contributed by atoms with E-state index in [4.69, 9.17) is 5.73 Å². The molecule has 8 heteroatoms. The van der Waals surface area contributed by atoms with Gasteiger partial charge in [0.25, 0.3) is 0 Å². The number of hydrogen-bond acceptors (Lipinski definition) is 6. The Hall–Kier alpha value is -1.57. The molecule has 98 valence electrons. The van der Waals surface area contributed by atoms with Crippen LogP contribution in [-0.4, -0.2) is 35.1 Å². The first-order valence-electron chi connectivity index (χ1n) is 5.89. The molecule has 1 aliphatic carbocycles. The largest absolute Gasteiger partial charge is 0.288 e. The molecule has 2 unspecified atom stereocenters. The molecule has 3 N–H and O–H groups in total. The van der Waals surface area contributed by atoms with E-state index in [1.807, 2.05) is 0 Å². The predicted molar refractivity (Wildman–Crippen MR) is 63.2 cm³/mol. The average Bonchev–Trinajstić information content (AvgIpc) is 2.68. The lowest BCUT2D eigenvalue weighted by Gasteiger charge is -2.42. The zero-order valence-corrected chi connectivity index (χ0v) is 9.68. The van der Waals surface area contributed by atoms with Gasteiger partial charge in [-0.2, -0.15) is 10.2 Å². The van der Waals surface area contributed by atoms with Crippen molar-refractivity contribution in [2.75, 3.05) is 0 Å². The first kappa shape index (κ1) is 11.5. The van der Waals surface area contributed by atoms with Crippen molar-refractivity contribution in [3.8, 4) is 0 Å². The van der Waals surface area contributed by atoms with Crippen molar-refractivity contribution in [3.63, 3.8) is 0 Å². The van der Waals surface area contributed by atoms with Crippen LogP contribution in [0.15, 0.2) is 15.2 Å². The zero-order chi connectivity index (χ0) is 12.8. The summed E-state index contributed by atoms with van der Waals surface area (Å²) in [7, 11) is 0. The van der Waals surface area contributed by atoms with Gasteiger partial charge in [0.05, 0.1) is 6.21 Å². The second kappa shape index (κ2) is 3.71. The third-order valence-electron chi connectivity index (χ3n) is 3.60. The first-order valence-corrected chi connectivity index (χ1v) is 5.89. The van der Waals surface area contributed by atoms with Crippen molar-refractivity contribution < 1.29 is 8.78 Å². The highest BCUT2D eigenvalue weighted by Gasteiger charge is 2.51. The molecule has 2 aliphatic heterocycles. The number of nitrogens with two attached hydrogens (primary N) is 1. The van der Waals surface area contributed by atoms with Gasteiger partial charge in [-0.3, -0.25) is 11.2 Å². The van der Waals surface area contributed by atoms with Gasteiger partial charge in [-0.25, -0.2) is 18.8 Å². The number of fused-ring (bicyclic) bond motifs is 1. The van der Waals surface area contributed by atoms with E-state index in [9.17, 15) is 8.78 Å². The summed E-state index contributed by atoms with van der Waals surface area (Å²) in [5.74, 6) is -3.80. The minimum atomic E-state index is -2.66. The molecule has 2 atom stereocenters. The Balaban J connectivity index is 1.84. The number of amidine groups is 1. The average molecular weight is 256 g/mol. The van der Waals surface area contributed by atoms with E-state index in [0.717, 1.165) is 0 Å². The summed E-state index contributed by atoms with van der Waals surface area (Å²) in [6, 6.07) is 0. The van der Waals surface area contributed by atoms with Gasteiger partial charge in [0.15, 0.2) is 5.84 Å². The summed E-state index contributed by atoms with van der Waals surface area (Å²) >= 11 is 0. The van der Waals surface area contributed by atoms with Gasteiger partial charge in [-0.1, -0.05) is 0 Å². The van der Waals surface area contributed by atoms with E-state index >= 15 is 0 Å². The maximum Gasteiger partial charge on any atom is 0.248 e. The summed E-state index contributed by atoms with van der Waals surface area (Å²) in [6.07, 6.45) is 3.59. The Morgan fingerprint density at radius 1 is 1.50 bits per heavy atom. The van der Waals surface area contributed by atoms with Crippen LogP contribution in [0, 0.1) is 5.92 Å². The molecule has 3 aliphatic rings. The first-order chi connectivity index (χ1) is 8.51. The maximum absolute atomic E-state index is 13.5. The van der Waals surface area contributed by atoms with E-state index in [-0.39, 0.29) is 12.8 Å². The summed E-state index contributed by atoms with van der Waals surface area (Å²) in [4.78, 5) is 3.83. The number of rotatable bonds is 1. The maximum atomic E-state index is 13.5. The van der Waals surface area contributed by atoms with Gasteiger partial charge in [0, 0.05) is 18.8 Å². The fourth-order valence-corrected chi connectivity index (χ4v) is 2.66. The third kappa shape index (κ3) is 1.67. The summed E-state index contributed by atoms with van der Waals surface area (Å²) in [5.41, 5.74) is 8.94. The molecule has 1 saturated carbocycles. The van der Waals surface area contributed by atoms with Gasteiger partial charge in [0.2, 0.25) is 11.7 Å². The Morgan fingerprint density at radius 3 is 3.11 bits per heavy atom. The van der Waals surface area contributed by atoms with Crippen LogP contribution in [0.25, 0.3) is 0 Å². The van der Waals surface area contributed by atoms with Crippen LogP contribution in [0.5, 0.6) is 0 Å². The van der Waals surface area contributed by atoms with E-state index < -0.39 is 17.6 Å². The molecule has 0 amide bonds. The SMILES string of the molecule is NC1(C2CCCC(F)(F)C2)NN=C2C=NC=NN21. The third-order valence-corrected chi connectivity index (χ3v) is 3.60. The summed E-state index contributed by atoms with van der Waals surface area (Å²) in [6.45, 7) is 0. The molecule has 0 aromatic carbocycles. The number of hydrazone groups is 2. The van der Waals surface area contributed by atoms with Gasteiger partial charge >= 0.3 is 0 Å². The summed E-state index contributed by atoms with van der Waals surface area (Å²) < 4.78 is 27.0. The van der Waals surface area contributed by atoms with Crippen molar-refractivity contribution in [3.05, 3.63) is 0 Å². The lowest BCUT2D eigenvalue weighted by atomic mass is 9.82. The molecule has 0 spiro atoms. The minimum Gasteiger partial charge on any atom is -0.288 e. The standard InChI is InChI=1S/C10H14F2N6/c11-9(12)3-1-2-7(4-9)10(13)17-16-8-5-14-6-15-18(8)10/h5-7,17H,1-4,13H2. The van der Waals surface area contributed by atoms with Crippen LogP contribution in [0.3, 0.4) is 0 Å². The van der Waals surface area contributed by atoms with Gasteiger partial charge in [-0.05, 0) is 12.8 Å². The second-order valence-electron chi connectivity index (χ2n) is 4.88. The quantitative estimate of drug-likeness (QED) is 0.723. The van der Waals surface area contributed by atoms with Crippen LogP contribution >= 0.6 is 0 Å². The summed E-state index contributed by atoms with van der Waals surface area (Å²) in [5, 5.41) is 9.44. The molecule has 0 aromatic rings. The predicted octanol–water partition coefficient (Wildman–Crippen LogP) is 0.671. The highest BCUT2D eigenvalue weighted by atomic mass is 19.3. The number of nitrogens with one attached hydrogen (secondary N) is 1. The molecule has 1 fully saturated rings. The van der Waals surface area contributed by atoms with E-state index in [1.54, 1.807) is 0 Å². The van der Waals surface area contributed by atoms with E-state index in [2.05, 4.69) is 20.6 Å². The lowest BCUT2D eigenvalue weighted by Crippen LogP contribution is -2.65. The Bertz CT molecular complexity index is 446. The smallest absolute Gasteiger partial charge is 0.248 e. The van der Waals surface area contributed by atoms with E-state index in [1.165, 1.54) is 17.6 Å². The molecule has 0 saturated heterocycles. The van der Waals surface area contributed by atoms with Crippen LogP contribution in [0.4, 0.5) is 8.78 Å². The number of hydrogen-bond donors (Lipinski definition) is 2. The highest BCUT2D eigenvalue weighted by Crippen LogP contribution is 2.41. The van der Waals surface area contributed by atoms with Gasteiger partial charge in [0.1, 0.15) is 6.34 Å². The second-order valence-corrected chi connectivity index (χ2v) is 4.88. The monoisotopic (exact) mass is 256 g/mol. The van der Waals surface area contributed by atoms with Crippen LogP contribution in [0.2, 0.25) is 0 Å². The zero-order valence-electron chi connectivity index (χ0n) is 9.68. The van der Waals surface area contributed by atoms with Crippen molar-refractivity contribution in [2.24, 2.45) is 26.8 Å². The fourth-order valence-electron chi connectivity index (χ4n) is 2.66. The fraction of sp³-hybridized carbons (Fsp3) is 0.700.